The highest BCUT2D eigenvalue weighted by Gasteiger charge is 2.30. The zero-order valence-electron chi connectivity index (χ0n) is 41.6. The summed E-state index contributed by atoms with van der Waals surface area (Å²) in [6, 6.07) is 79.4. The van der Waals surface area contributed by atoms with E-state index < -0.39 is 0 Å². The molecule has 0 N–H and O–H groups in total. The van der Waals surface area contributed by atoms with Gasteiger partial charge in [0.2, 0.25) is 0 Å². The van der Waals surface area contributed by atoms with E-state index in [0.29, 0.717) is 0 Å². The van der Waals surface area contributed by atoms with E-state index in [1.54, 1.807) is 0 Å². The average molecular weight is 935 g/mol. The van der Waals surface area contributed by atoms with Gasteiger partial charge in [0.1, 0.15) is 0 Å². The summed E-state index contributed by atoms with van der Waals surface area (Å²) >= 11 is 0. The van der Waals surface area contributed by atoms with E-state index in [2.05, 4.69) is 234 Å². The Balaban J connectivity index is 0.995. The smallest absolute Gasteiger partial charge is 0.000740 e. The van der Waals surface area contributed by atoms with Crippen LogP contribution in [-0.2, 0) is 0 Å². The fourth-order valence-electron chi connectivity index (χ4n) is 14.8. The normalized spacial score (nSPS) is 12.6. The Hall–Kier alpha value is -9.10. The summed E-state index contributed by atoms with van der Waals surface area (Å²) in [5.41, 5.74) is 21.0. The molecule has 0 radical (unpaired) electrons. The molecular weight excluding hydrogens is 889 g/mol. The number of hydrogen-bond donors (Lipinski definition) is 0. The molecule has 0 nitrogen and oxygen atoms in total. The first-order chi connectivity index (χ1) is 36.4. The van der Waals surface area contributed by atoms with Gasteiger partial charge in [-0.25, -0.2) is 0 Å². The topological polar surface area (TPSA) is 0 Å². The molecule has 0 aromatic heterocycles. The van der Waals surface area contributed by atoms with Gasteiger partial charge in [0, 0.05) is 0 Å². The summed E-state index contributed by atoms with van der Waals surface area (Å²) in [4.78, 5) is 0. The van der Waals surface area contributed by atoms with Crippen LogP contribution in [0.5, 0.6) is 0 Å². The van der Waals surface area contributed by atoms with Crippen molar-refractivity contribution >= 4 is 108 Å². The van der Waals surface area contributed by atoms with E-state index in [1.165, 1.54) is 197 Å². The molecule has 0 amide bonds. The van der Waals surface area contributed by atoms with E-state index in [9.17, 15) is 0 Å². The van der Waals surface area contributed by atoms with E-state index in [-0.39, 0.29) is 0 Å². The number of hydrogen-bond acceptors (Lipinski definition) is 0. The van der Waals surface area contributed by atoms with E-state index >= 15 is 0 Å². The monoisotopic (exact) mass is 934 g/mol. The molecular formula is C74H46. The van der Waals surface area contributed by atoms with Crippen molar-refractivity contribution < 1.29 is 0 Å². The van der Waals surface area contributed by atoms with Crippen molar-refractivity contribution in [3.8, 4) is 66.8 Å². The zero-order valence-corrected chi connectivity index (χ0v) is 41.6. The Morgan fingerprint density at radius 1 is 0.176 bits per heavy atom. The third-order valence-corrected chi connectivity index (χ3v) is 17.8. The highest BCUT2D eigenvalue weighted by Crippen LogP contribution is 2.58. The maximum absolute atomic E-state index is 2.56. The van der Waals surface area contributed by atoms with Gasteiger partial charge in [-0.2, -0.15) is 0 Å². The molecule has 0 saturated carbocycles. The molecule has 16 aromatic carbocycles. The molecule has 0 bridgehead atoms. The van der Waals surface area contributed by atoms with E-state index in [4.69, 9.17) is 0 Å². The fraction of sp³-hybridized carbons (Fsp3) is 0.0541. The van der Waals surface area contributed by atoms with Crippen LogP contribution < -0.4 is 0 Å². The first kappa shape index (κ1) is 40.5. The van der Waals surface area contributed by atoms with E-state index in [1.807, 2.05) is 0 Å². The molecule has 0 atom stereocenters. The Bertz CT molecular complexity index is 4920. The maximum Gasteiger partial charge on any atom is -0.000740 e. The second-order valence-electron chi connectivity index (χ2n) is 21.5. The Morgan fingerprint density at radius 2 is 0.581 bits per heavy atom. The third-order valence-electron chi connectivity index (χ3n) is 17.8. The van der Waals surface area contributed by atoms with Crippen LogP contribution in [0.3, 0.4) is 0 Å². The standard InChI is InChI=1S/C74H46/c1-39-14-11-15-40(2)64(39)45-24-25-46-49-26-28-51-53-32-34-57-72-58(35-33-54(71(53)72)52-29-31-56(59(46)36-45)69(49)70(51)52)74-67(44-20-9-6-10-21-44)63-38-61-55-30-27-50(65-41(3)16-12-17-42(65)4)47-22-13-23-48(68(47)55)60(61)37-62(63)66(73(57)74)43-18-7-5-8-19-43/h5-38H,1-4H3. The van der Waals surface area contributed by atoms with Crippen molar-refractivity contribution in [2.75, 3.05) is 0 Å². The number of aryl methyl sites for hydroxylation is 4. The van der Waals surface area contributed by atoms with Gasteiger partial charge in [-0.15, -0.1) is 0 Å². The minimum absolute atomic E-state index is 1.24. The molecule has 17 rings (SSSR count). The first-order valence-electron chi connectivity index (χ1n) is 26.2. The summed E-state index contributed by atoms with van der Waals surface area (Å²) in [5, 5.41) is 26.6. The molecule has 0 fully saturated rings. The summed E-state index contributed by atoms with van der Waals surface area (Å²) in [7, 11) is 0. The number of fused-ring (bicyclic) bond motifs is 12. The fourth-order valence-corrected chi connectivity index (χ4v) is 14.8. The molecule has 74 heavy (non-hydrogen) atoms. The quantitative estimate of drug-likeness (QED) is 0.122. The summed E-state index contributed by atoms with van der Waals surface area (Å²) in [6.45, 7) is 8.97. The van der Waals surface area contributed by atoms with Gasteiger partial charge in [-0.3, -0.25) is 0 Å². The Labute approximate surface area is 428 Å². The molecule has 342 valence electrons. The highest BCUT2D eigenvalue weighted by molar-refractivity contribution is 6.47. The summed E-state index contributed by atoms with van der Waals surface area (Å²) in [6.07, 6.45) is 0. The van der Waals surface area contributed by atoms with Crippen molar-refractivity contribution in [3.05, 3.63) is 229 Å². The summed E-state index contributed by atoms with van der Waals surface area (Å²) < 4.78 is 0. The van der Waals surface area contributed by atoms with Crippen molar-refractivity contribution in [3.63, 3.8) is 0 Å². The predicted molar refractivity (Wildman–Crippen MR) is 320 cm³/mol. The van der Waals surface area contributed by atoms with Gasteiger partial charge in [-0.1, -0.05) is 188 Å². The molecule has 0 heteroatoms. The van der Waals surface area contributed by atoms with Crippen LogP contribution in [0.25, 0.3) is 174 Å². The van der Waals surface area contributed by atoms with Crippen LogP contribution in [0.2, 0.25) is 0 Å². The van der Waals surface area contributed by atoms with Gasteiger partial charge in [0.05, 0.1) is 0 Å². The van der Waals surface area contributed by atoms with Gasteiger partial charge in [0.15, 0.2) is 0 Å². The number of benzene rings is 14. The molecule has 0 aliphatic heterocycles. The highest BCUT2D eigenvalue weighted by atomic mass is 14.3. The Kier molecular flexibility index (Phi) is 7.83. The number of rotatable bonds is 4. The van der Waals surface area contributed by atoms with Gasteiger partial charge < -0.3 is 0 Å². The molecule has 0 saturated heterocycles. The maximum atomic E-state index is 2.56. The van der Waals surface area contributed by atoms with Gasteiger partial charge >= 0.3 is 0 Å². The molecule has 16 aromatic rings. The molecule has 0 heterocycles. The predicted octanol–water partition coefficient (Wildman–Crippen LogP) is 21.1. The van der Waals surface area contributed by atoms with Crippen molar-refractivity contribution in [2.45, 2.75) is 27.7 Å². The Morgan fingerprint density at radius 3 is 1.15 bits per heavy atom. The minimum Gasteiger partial charge on any atom is -0.0622 e. The lowest BCUT2D eigenvalue weighted by Gasteiger charge is -2.17. The van der Waals surface area contributed by atoms with Crippen molar-refractivity contribution in [1.29, 1.82) is 0 Å². The third kappa shape index (κ3) is 5.03. The van der Waals surface area contributed by atoms with Gasteiger partial charge in [0.25, 0.3) is 0 Å². The lowest BCUT2D eigenvalue weighted by atomic mass is 9.85. The van der Waals surface area contributed by atoms with Crippen LogP contribution in [-0.4, -0.2) is 0 Å². The molecule has 1 aliphatic rings. The first-order valence-corrected chi connectivity index (χ1v) is 26.2. The van der Waals surface area contributed by atoms with Crippen LogP contribution in [0.15, 0.2) is 206 Å². The van der Waals surface area contributed by atoms with Crippen LogP contribution in [0.4, 0.5) is 0 Å². The zero-order chi connectivity index (χ0) is 48.8. The SMILES string of the molecule is Cc1cccc(C)c1-c1ccc2c(c1)-c1ccc3c4ccc5c6c(-c7ccccc7)c7cc8c(cc7c(-c7ccccc7)c6c6ccc(c7ccc-2c1c73)c4c65)c1cccc2c(-c3c(C)cccc3C)ccc8c21. The summed E-state index contributed by atoms with van der Waals surface area (Å²) in [5.74, 6) is 0. The van der Waals surface area contributed by atoms with Crippen molar-refractivity contribution in [2.24, 2.45) is 0 Å². The van der Waals surface area contributed by atoms with Crippen molar-refractivity contribution in [1.82, 2.24) is 0 Å². The van der Waals surface area contributed by atoms with Gasteiger partial charge in [-0.05, 0) is 243 Å². The van der Waals surface area contributed by atoms with Crippen LogP contribution in [0.1, 0.15) is 22.3 Å². The molecule has 1 aliphatic carbocycles. The van der Waals surface area contributed by atoms with Crippen LogP contribution >= 0.6 is 0 Å². The van der Waals surface area contributed by atoms with E-state index in [0.717, 1.165) is 0 Å². The average Bonchev–Trinajstić information content (AvgIpc) is 4.13. The second-order valence-corrected chi connectivity index (χ2v) is 21.5. The second kappa shape index (κ2) is 14.3. The molecule has 0 spiro atoms. The molecule has 0 unspecified atom stereocenters. The minimum atomic E-state index is 1.24. The largest absolute Gasteiger partial charge is 0.0622 e. The lowest BCUT2D eigenvalue weighted by Crippen LogP contribution is -1.89. The van der Waals surface area contributed by atoms with Crippen LogP contribution in [0, 0.1) is 27.7 Å². The lowest BCUT2D eigenvalue weighted by molar-refractivity contribution is 1.38.